The fraction of sp³-hybridized carbons (Fsp3) is 0.467. The fourth-order valence-electron chi connectivity index (χ4n) is 2.45. The van der Waals surface area contributed by atoms with Gasteiger partial charge in [0, 0.05) is 18.7 Å². The van der Waals surface area contributed by atoms with E-state index in [9.17, 15) is 9.59 Å². The number of carboxylic acid groups (broad SMARTS) is 1. The molecular formula is C15H19NO3. The minimum Gasteiger partial charge on any atom is -0.478 e. The number of amides is 1. The summed E-state index contributed by atoms with van der Waals surface area (Å²) in [7, 11) is 0. The number of rotatable bonds is 4. The molecule has 1 aliphatic rings. The molecule has 1 aromatic rings. The molecule has 1 aromatic carbocycles. The van der Waals surface area contributed by atoms with Gasteiger partial charge >= 0.3 is 5.97 Å². The van der Waals surface area contributed by atoms with Crippen LogP contribution in [0, 0.1) is 0 Å². The standard InChI is InChI=1S/C15H19NO3/c1-2-3-6-14(17)16-9-4-5-11-10-12(15(18)19)7-8-13(11)16/h7-8,10H,2-6,9H2,1H3,(H,18,19). The molecule has 1 amide bonds. The Morgan fingerprint density at radius 3 is 2.84 bits per heavy atom. The molecule has 0 fully saturated rings. The lowest BCUT2D eigenvalue weighted by Gasteiger charge is -2.29. The van der Waals surface area contributed by atoms with E-state index in [2.05, 4.69) is 6.92 Å². The molecule has 0 saturated heterocycles. The number of unbranched alkanes of at least 4 members (excludes halogenated alkanes) is 1. The van der Waals surface area contributed by atoms with E-state index in [0.717, 1.165) is 43.5 Å². The molecule has 2 rings (SSSR count). The molecule has 0 saturated carbocycles. The van der Waals surface area contributed by atoms with Crippen LogP contribution in [-0.2, 0) is 11.2 Å². The van der Waals surface area contributed by atoms with Crippen LogP contribution in [0.3, 0.4) is 0 Å². The first kappa shape index (κ1) is 13.6. The summed E-state index contributed by atoms with van der Waals surface area (Å²) < 4.78 is 0. The van der Waals surface area contributed by atoms with Gasteiger partial charge in [0.25, 0.3) is 0 Å². The number of aromatic carboxylic acids is 1. The van der Waals surface area contributed by atoms with Gasteiger partial charge in [-0.25, -0.2) is 4.79 Å². The van der Waals surface area contributed by atoms with Crippen molar-refractivity contribution in [3.63, 3.8) is 0 Å². The average Bonchev–Trinajstić information content (AvgIpc) is 2.43. The van der Waals surface area contributed by atoms with E-state index in [0.29, 0.717) is 12.0 Å². The van der Waals surface area contributed by atoms with Gasteiger partial charge in [-0.1, -0.05) is 13.3 Å². The van der Waals surface area contributed by atoms with Crippen molar-refractivity contribution in [2.45, 2.75) is 39.0 Å². The molecule has 0 radical (unpaired) electrons. The predicted octanol–water partition coefficient (Wildman–Crippen LogP) is 2.85. The zero-order valence-corrected chi connectivity index (χ0v) is 11.2. The van der Waals surface area contributed by atoms with Crippen LogP contribution in [0.25, 0.3) is 0 Å². The first-order valence-corrected chi connectivity index (χ1v) is 6.80. The number of anilines is 1. The Balaban J connectivity index is 2.24. The second-order valence-electron chi connectivity index (χ2n) is 4.90. The van der Waals surface area contributed by atoms with Gasteiger partial charge in [-0.15, -0.1) is 0 Å². The third-order valence-corrected chi connectivity index (χ3v) is 3.49. The molecular weight excluding hydrogens is 242 g/mol. The van der Waals surface area contributed by atoms with Gasteiger partial charge in [-0.3, -0.25) is 4.79 Å². The molecule has 4 heteroatoms. The van der Waals surface area contributed by atoms with Gasteiger partial charge < -0.3 is 10.0 Å². The third kappa shape index (κ3) is 2.95. The van der Waals surface area contributed by atoms with Crippen molar-refractivity contribution in [1.82, 2.24) is 0 Å². The summed E-state index contributed by atoms with van der Waals surface area (Å²) in [5.41, 5.74) is 2.15. The summed E-state index contributed by atoms with van der Waals surface area (Å²) in [4.78, 5) is 24.9. The number of nitrogens with zero attached hydrogens (tertiary/aromatic N) is 1. The minimum atomic E-state index is -0.919. The summed E-state index contributed by atoms with van der Waals surface area (Å²) in [5, 5.41) is 9.00. The number of aryl methyl sites for hydroxylation is 1. The summed E-state index contributed by atoms with van der Waals surface area (Å²) >= 11 is 0. The zero-order valence-electron chi connectivity index (χ0n) is 11.2. The lowest BCUT2D eigenvalue weighted by atomic mass is 9.98. The molecule has 0 spiro atoms. The van der Waals surface area contributed by atoms with Gasteiger partial charge in [0.05, 0.1) is 5.56 Å². The van der Waals surface area contributed by atoms with E-state index in [1.54, 1.807) is 23.1 Å². The molecule has 0 bridgehead atoms. The van der Waals surface area contributed by atoms with Gasteiger partial charge in [-0.2, -0.15) is 0 Å². The summed E-state index contributed by atoms with van der Waals surface area (Å²) in [5.74, 6) is -0.775. The smallest absolute Gasteiger partial charge is 0.335 e. The Morgan fingerprint density at radius 1 is 1.37 bits per heavy atom. The molecule has 19 heavy (non-hydrogen) atoms. The van der Waals surface area contributed by atoms with Crippen LogP contribution in [0.2, 0.25) is 0 Å². The normalized spacial score (nSPS) is 14.1. The maximum Gasteiger partial charge on any atom is 0.335 e. The van der Waals surface area contributed by atoms with E-state index < -0.39 is 5.97 Å². The Kier molecular flexibility index (Phi) is 4.20. The van der Waals surface area contributed by atoms with E-state index in [1.807, 2.05) is 0 Å². The first-order chi connectivity index (χ1) is 9.13. The Morgan fingerprint density at radius 2 is 2.16 bits per heavy atom. The van der Waals surface area contributed by atoms with Crippen LogP contribution in [0.5, 0.6) is 0 Å². The molecule has 0 aromatic heterocycles. The van der Waals surface area contributed by atoms with Gasteiger partial charge in [0.2, 0.25) is 5.91 Å². The number of carbonyl (C=O) groups excluding carboxylic acids is 1. The summed E-state index contributed by atoms with van der Waals surface area (Å²) in [6, 6.07) is 5.03. The van der Waals surface area contributed by atoms with Crippen LogP contribution in [-0.4, -0.2) is 23.5 Å². The van der Waals surface area contributed by atoms with E-state index >= 15 is 0 Å². The van der Waals surface area contributed by atoms with Crippen molar-refractivity contribution in [2.24, 2.45) is 0 Å². The highest BCUT2D eigenvalue weighted by Gasteiger charge is 2.22. The minimum absolute atomic E-state index is 0.144. The quantitative estimate of drug-likeness (QED) is 0.906. The van der Waals surface area contributed by atoms with Crippen molar-refractivity contribution >= 4 is 17.6 Å². The van der Waals surface area contributed by atoms with Crippen molar-refractivity contribution in [1.29, 1.82) is 0 Å². The second-order valence-corrected chi connectivity index (χ2v) is 4.90. The van der Waals surface area contributed by atoms with Crippen LogP contribution >= 0.6 is 0 Å². The SMILES string of the molecule is CCCCC(=O)N1CCCc2cc(C(=O)O)ccc21. The fourth-order valence-corrected chi connectivity index (χ4v) is 2.45. The number of benzene rings is 1. The third-order valence-electron chi connectivity index (χ3n) is 3.49. The number of hydrogen-bond acceptors (Lipinski definition) is 2. The maximum atomic E-state index is 12.1. The number of carbonyl (C=O) groups is 2. The van der Waals surface area contributed by atoms with Crippen molar-refractivity contribution in [3.05, 3.63) is 29.3 Å². The van der Waals surface area contributed by atoms with Crippen LogP contribution in [0.15, 0.2) is 18.2 Å². The van der Waals surface area contributed by atoms with Crippen molar-refractivity contribution in [3.8, 4) is 0 Å². The maximum absolute atomic E-state index is 12.1. The predicted molar refractivity (Wildman–Crippen MR) is 73.6 cm³/mol. The van der Waals surface area contributed by atoms with E-state index in [1.165, 1.54) is 0 Å². The van der Waals surface area contributed by atoms with Crippen molar-refractivity contribution in [2.75, 3.05) is 11.4 Å². The van der Waals surface area contributed by atoms with Gasteiger partial charge in [0.1, 0.15) is 0 Å². The van der Waals surface area contributed by atoms with E-state index in [-0.39, 0.29) is 5.91 Å². The molecule has 1 heterocycles. The Bertz CT molecular complexity index is 496. The molecule has 1 aliphatic heterocycles. The summed E-state index contributed by atoms with van der Waals surface area (Å²) in [6.07, 6.45) is 4.21. The molecule has 0 unspecified atom stereocenters. The molecule has 102 valence electrons. The van der Waals surface area contributed by atoms with E-state index in [4.69, 9.17) is 5.11 Å². The highest BCUT2D eigenvalue weighted by atomic mass is 16.4. The summed E-state index contributed by atoms with van der Waals surface area (Å²) in [6.45, 7) is 2.80. The highest BCUT2D eigenvalue weighted by Crippen LogP contribution is 2.28. The molecule has 1 N–H and O–H groups in total. The number of carboxylic acids is 1. The monoisotopic (exact) mass is 261 g/mol. The average molecular weight is 261 g/mol. The van der Waals surface area contributed by atoms with Crippen LogP contribution < -0.4 is 4.90 Å². The van der Waals surface area contributed by atoms with Gasteiger partial charge in [-0.05, 0) is 43.0 Å². The largest absolute Gasteiger partial charge is 0.478 e. The van der Waals surface area contributed by atoms with Crippen LogP contribution in [0.4, 0.5) is 5.69 Å². The highest BCUT2D eigenvalue weighted by molar-refractivity contribution is 5.96. The molecule has 0 aliphatic carbocycles. The first-order valence-electron chi connectivity index (χ1n) is 6.80. The van der Waals surface area contributed by atoms with Crippen LogP contribution in [0.1, 0.15) is 48.5 Å². The lowest BCUT2D eigenvalue weighted by Crippen LogP contribution is -2.35. The molecule has 0 atom stereocenters. The topological polar surface area (TPSA) is 57.6 Å². The van der Waals surface area contributed by atoms with Gasteiger partial charge in [0.15, 0.2) is 0 Å². The molecule has 4 nitrogen and oxygen atoms in total. The second kappa shape index (κ2) is 5.87. The lowest BCUT2D eigenvalue weighted by molar-refractivity contribution is -0.118. The Hall–Kier alpha value is -1.84. The number of hydrogen-bond donors (Lipinski definition) is 1. The van der Waals surface area contributed by atoms with Crippen molar-refractivity contribution < 1.29 is 14.7 Å². The zero-order chi connectivity index (χ0) is 13.8. The number of fused-ring (bicyclic) bond motifs is 1. The Labute approximate surface area is 113 Å².